The second-order valence-electron chi connectivity index (χ2n) is 23.4. The number of carboxylic acids is 2. The number of halogens is 1. The van der Waals surface area contributed by atoms with Crippen molar-refractivity contribution in [2.75, 3.05) is 71.3 Å². The van der Waals surface area contributed by atoms with Gasteiger partial charge in [-0.2, -0.15) is 5.10 Å². The van der Waals surface area contributed by atoms with E-state index in [4.69, 9.17) is 24.1 Å². The monoisotopic (exact) mass is 1330 g/mol. The molecule has 1 saturated carbocycles. The van der Waals surface area contributed by atoms with Crippen LogP contribution in [0.5, 0.6) is 0 Å². The number of anilines is 1. The number of nitrogens with one attached hydrogen (secondary N) is 5. The number of unbranched alkanes of at least 4 members (excludes halogenated alkanes) is 13. The van der Waals surface area contributed by atoms with Gasteiger partial charge in [0.25, 0.3) is 0 Å². The summed E-state index contributed by atoms with van der Waals surface area (Å²) in [6, 6.07) is 3.35. The van der Waals surface area contributed by atoms with E-state index < -0.39 is 29.9 Å². The quantitative estimate of drug-likeness (QED) is 0.0148. The van der Waals surface area contributed by atoms with Crippen molar-refractivity contribution in [3.8, 4) is 11.3 Å². The molecule has 0 bridgehead atoms. The number of aliphatic carboxylic acids is 2. The van der Waals surface area contributed by atoms with Gasteiger partial charge in [-0.05, 0) is 78.1 Å². The van der Waals surface area contributed by atoms with Crippen LogP contribution in [-0.2, 0) is 70.4 Å². The highest BCUT2D eigenvalue weighted by molar-refractivity contribution is 9.10. The zero-order valence-electron chi connectivity index (χ0n) is 52.5. The fourth-order valence-electron chi connectivity index (χ4n) is 10.7. The summed E-state index contributed by atoms with van der Waals surface area (Å²) in [5, 5.41) is 36.8. The molecule has 0 aromatic carbocycles. The fraction of sp³-hybridized carbons (Fsp3) is 0.619. The predicted octanol–water partition coefficient (Wildman–Crippen LogP) is 6.17. The Bertz CT molecular complexity index is 3080. The summed E-state index contributed by atoms with van der Waals surface area (Å²) in [4.78, 5) is 132. The molecule has 6 amide bonds. The number of carbonyl (C=O) groups excluding carboxylic acids is 7. The molecule has 0 spiro atoms. The number of ether oxygens (including phenoxy) is 4. The van der Waals surface area contributed by atoms with Crippen LogP contribution in [-0.4, -0.2) is 182 Å². The Labute approximate surface area is 538 Å². The van der Waals surface area contributed by atoms with Crippen LogP contribution in [0.3, 0.4) is 0 Å². The standard InChI is InChI=1S/C63H89BrN12O15/c1-42-20-22-51(64)72-60(42)73-61(85)48-33-63(3)34-50(63)76(48)57(82)39-75-49-37-67-47(32-45(49)59(74-75)43(2)77)44-35-68-52(69-36-44)38-70-56(81)41-91-31-29-89-27-25-66-55(80)40-90-30-28-88-26-24-65-53(78)23-21-46(62(86)87)71-54(79)18-16-14-12-10-8-6-4-5-7-9-11-13-15-17-19-58(83)84/h20,22,32,35-37,46,48,50H,4-19,21,23-31,33-34,38-41H2,1-3H3,(H,65,78)(H,66,80)(H,70,81)(H,71,79)(H,83,84)(H,86,87)(H,72,73,85)/t46-,48-,50?,63-/m0/s1. The Hall–Kier alpha value is -7.40. The minimum atomic E-state index is -1.20. The summed E-state index contributed by atoms with van der Waals surface area (Å²) < 4.78 is 23.7. The van der Waals surface area contributed by atoms with Crippen LogP contribution in [0.25, 0.3) is 22.2 Å². The first-order valence-electron chi connectivity index (χ1n) is 31.6. The highest BCUT2D eigenvalue weighted by Crippen LogP contribution is 2.59. The van der Waals surface area contributed by atoms with E-state index in [1.165, 1.54) is 56.3 Å². The van der Waals surface area contributed by atoms with Crippen LogP contribution in [0.1, 0.15) is 164 Å². The molecule has 91 heavy (non-hydrogen) atoms. The number of carbonyl (C=O) groups is 9. The van der Waals surface area contributed by atoms with Gasteiger partial charge in [0.15, 0.2) is 5.78 Å². The third kappa shape index (κ3) is 25.3. The number of aromatic nitrogens is 6. The van der Waals surface area contributed by atoms with E-state index in [0.717, 1.165) is 56.9 Å². The Balaban J connectivity index is 0.736. The van der Waals surface area contributed by atoms with Gasteiger partial charge in [-0.15, -0.1) is 0 Å². The molecule has 1 aliphatic heterocycles. The zero-order valence-corrected chi connectivity index (χ0v) is 54.1. The Morgan fingerprint density at radius 1 is 0.681 bits per heavy atom. The van der Waals surface area contributed by atoms with Crippen molar-refractivity contribution in [3.05, 3.63) is 58.5 Å². The number of piperidine rings is 1. The number of amides is 6. The average molecular weight is 1330 g/mol. The van der Waals surface area contributed by atoms with Crippen LogP contribution in [0, 0.1) is 12.3 Å². The van der Waals surface area contributed by atoms with E-state index in [9.17, 15) is 48.3 Å². The van der Waals surface area contributed by atoms with Crippen LogP contribution in [0.4, 0.5) is 5.82 Å². The van der Waals surface area contributed by atoms with Crippen LogP contribution >= 0.6 is 15.9 Å². The predicted molar refractivity (Wildman–Crippen MR) is 337 cm³/mol. The number of hydrogen-bond acceptors (Lipinski definition) is 18. The molecule has 6 rings (SSSR count). The first kappa shape index (κ1) is 72.7. The van der Waals surface area contributed by atoms with E-state index in [1.54, 1.807) is 29.4 Å². The lowest BCUT2D eigenvalue weighted by molar-refractivity contribution is -0.142. The second-order valence-corrected chi connectivity index (χ2v) is 24.2. The highest BCUT2D eigenvalue weighted by atomic mass is 79.9. The van der Waals surface area contributed by atoms with E-state index >= 15 is 0 Å². The molecule has 7 N–H and O–H groups in total. The Morgan fingerprint density at radius 2 is 1.25 bits per heavy atom. The Morgan fingerprint density at radius 3 is 1.85 bits per heavy atom. The molecular formula is C63H89BrN12O15. The lowest BCUT2D eigenvalue weighted by Gasteiger charge is -2.27. The van der Waals surface area contributed by atoms with Crippen molar-refractivity contribution in [1.82, 2.24) is 55.9 Å². The summed E-state index contributed by atoms with van der Waals surface area (Å²) in [5.41, 5.74) is 2.22. The van der Waals surface area contributed by atoms with Crippen molar-refractivity contribution in [1.29, 1.82) is 0 Å². The molecule has 1 saturated heterocycles. The van der Waals surface area contributed by atoms with Gasteiger partial charge in [-0.1, -0.05) is 90.0 Å². The maximum absolute atomic E-state index is 14.1. The summed E-state index contributed by atoms with van der Waals surface area (Å²) >= 11 is 3.35. The average Bonchev–Trinajstić information content (AvgIpc) is 1.55. The lowest BCUT2D eigenvalue weighted by atomic mass is 10.0. The van der Waals surface area contributed by atoms with Crippen LogP contribution < -0.4 is 26.6 Å². The number of fused-ring (bicyclic) bond motifs is 2. The molecule has 4 aromatic heterocycles. The molecule has 5 heterocycles. The maximum atomic E-state index is 14.1. The summed E-state index contributed by atoms with van der Waals surface area (Å²) in [5.74, 6) is -3.58. The minimum absolute atomic E-state index is 0.0231. The van der Waals surface area contributed by atoms with Crippen LogP contribution in [0.2, 0.25) is 0 Å². The second kappa shape index (κ2) is 38.5. The first-order valence-corrected chi connectivity index (χ1v) is 32.4. The number of ketones is 1. The van der Waals surface area contributed by atoms with Crippen molar-refractivity contribution < 1.29 is 72.3 Å². The first-order chi connectivity index (χ1) is 43.8. The number of hydrogen-bond donors (Lipinski definition) is 7. The molecule has 28 heteroatoms. The van der Waals surface area contributed by atoms with Gasteiger partial charge >= 0.3 is 11.9 Å². The number of aryl methyl sites for hydroxylation is 1. The zero-order chi connectivity index (χ0) is 65.5. The number of likely N-dealkylation sites (tertiary alicyclic amines) is 1. The molecule has 4 atom stereocenters. The van der Waals surface area contributed by atoms with Gasteiger partial charge < -0.3 is 60.6 Å². The summed E-state index contributed by atoms with van der Waals surface area (Å²) in [7, 11) is 0. The summed E-state index contributed by atoms with van der Waals surface area (Å²) in [6.07, 6.45) is 21.2. The number of nitrogens with zero attached hydrogens (tertiary/aromatic N) is 7. The smallest absolute Gasteiger partial charge is 0.326 e. The molecule has 4 aromatic rings. The third-order valence-corrected chi connectivity index (χ3v) is 16.4. The fourth-order valence-corrected chi connectivity index (χ4v) is 11.0. The normalized spacial score (nSPS) is 16.0. The van der Waals surface area contributed by atoms with E-state index in [-0.39, 0.29) is 157 Å². The Kier molecular flexibility index (Phi) is 30.7. The SMILES string of the molecule is CC(=O)c1nn(CC(=O)N2C3C[C@]3(C)C[C@H]2C(=O)Nc2nc(Br)ccc2C)c2cnc(-c3cnc(CNC(=O)COCCOCCNC(=O)COCCOCCNC(=O)CC[C@H](NC(=O)CCCCCCCCCCCCCCCCC(=O)O)C(=O)O)nc3)cc12. The third-order valence-electron chi connectivity index (χ3n) is 15.9. The van der Waals surface area contributed by atoms with Crippen molar-refractivity contribution >= 4 is 85.8 Å². The van der Waals surface area contributed by atoms with E-state index in [1.807, 2.05) is 13.0 Å². The molecular weight excluding hydrogens is 1240 g/mol. The molecule has 27 nitrogen and oxygen atoms in total. The van der Waals surface area contributed by atoms with E-state index in [2.05, 4.69) is 74.5 Å². The van der Waals surface area contributed by atoms with Crippen molar-refractivity contribution in [3.63, 3.8) is 0 Å². The lowest BCUT2D eigenvalue weighted by Crippen LogP contribution is -2.47. The molecule has 2 aliphatic rings. The maximum Gasteiger partial charge on any atom is 0.326 e. The van der Waals surface area contributed by atoms with Crippen LogP contribution in [0.15, 0.2) is 41.4 Å². The van der Waals surface area contributed by atoms with Crippen molar-refractivity contribution in [2.24, 2.45) is 5.41 Å². The van der Waals surface area contributed by atoms with E-state index in [0.29, 0.717) is 51.2 Å². The molecule has 1 aliphatic carbocycles. The molecule has 0 radical (unpaired) electrons. The molecule has 2 fully saturated rings. The van der Waals surface area contributed by atoms with Gasteiger partial charge in [-0.3, -0.25) is 48.0 Å². The van der Waals surface area contributed by atoms with Gasteiger partial charge in [0.05, 0.1) is 63.6 Å². The number of rotatable bonds is 46. The van der Waals surface area contributed by atoms with Gasteiger partial charge in [-0.25, -0.2) is 19.7 Å². The highest BCUT2D eigenvalue weighted by Gasteiger charge is 2.64. The number of pyridine rings is 2. The number of carboxylic acid groups (broad SMARTS) is 2. The molecule has 1 unspecified atom stereocenters. The largest absolute Gasteiger partial charge is 0.481 e. The van der Waals surface area contributed by atoms with Gasteiger partial charge in [0.1, 0.15) is 53.8 Å². The van der Waals surface area contributed by atoms with Gasteiger partial charge in [0.2, 0.25) is 35.4 Å². The van der Waals surface area contributed by atoms with Gasteiger partial charge in [0, 0.05) is 68.7 Å². The van der Waals surface area contributed by atoms with Crippen molar-refractivity contribution in [2.45, 2.75) is 180 Å². The summed E-state index contributed by atoms with van der Waals surface area (Å²) in [6.45, 7) is 6.05. The minimum Gasteiger partial charge on any atom is -0.481 e. The number of Topliss-reactive ketones (excluding diaryl/α,β-unsaturated/α-hetero) is 1. The topological polar surface area (TPSA) is 364 Å². The molecule has 498 valence electrons.